The summed E-state index contributed by atoms with van der Waals surface area (Å²) in [5, 5.41) is 3.44. The van der Waals surface area contributed by atoms with Gasteiger partial charge < -0.3 is 19.7 Å². The fourth-order valence-corrected chi connectivity index (χ4v) is 2.44. The van der Waals surface area contributed by atoms with Gasteiger partial charge in [0.2, 0.25) is 11.8 Å². The molecule has 1 saturated heterocycles. The van der Waals surface area contributed by atoms with E-state index in [1.807, 2.05) is 0 Å². The highest BCUT2D eigenvalue weighted by Gasteiger charge is 2.25. The van der Waals surface area contributed by atoms with Gasteiger partial charge in [-0.2, -0.15) is 4.98 Å². The predicted octanol–water partition coefficient (Wildman–Crippen LogP) is 1.45. The van der Waals surface area contributed by atoms with Crippen LogP contribution in [0.25, 0.3) is 0 Å². The lowest BCUT2D eigenvalue weighted by Crippen LogP contribution is -2.52. The molecule has 2 rings (SSSR count). The van der Waals surface area contributed by atoms with E-state index in [2.05, 4.69) is 50.0 Å². The Labute approximate surface area is 128 Å². The molecule has 1 N–H and O–H groups in total. The summed E-state index contributed by atoms with van der Waals surface area (Å²) in [6, 6.07) is 0.677. The predicted molar refractivity (Wildman–Crippen MR) is 81.4 cm³/mol. The fraction of sp³-hybridized carbons (Fsp3) is 0.692. The second-order valence-corrected chi connectivity index (χ2v) is 5.87. The van der Waals surface area contributed by atoms with Gasteiger partial charge in [0, 0.05) is 19.1 Å². The number of morpholine rings is 1. The molecular formula is C13H21BrN4O2. The van der Waals surface area contributed by atoms with Crippen LogP contribution in [-0.2, 0) is 4.74 Å². The van der Waals surface area contributed by atoms with Crippen LogP contribution in [0.1, 0.15) is 13.8 Å². The average molecular weight is 345 g/mol. The summed E-state index contributed by atoms with van der Waals surface area (Å²) in [7, 11) is 1.61. The Morgan fingerprint density at radius 1 is 1.60 bits per heavy atom. The van der Waals surface area contributed by atoms with Crippen molar-refractivity contribution in [2.24, 2.45) is 0 Å². The number of nitrogens with one attached hydrogen (secondary N) is 1. The molecule has 7 heteroatoms. The topological polar surface area (TPSA) is 59.5 Å². The summed E-state index contributed by atoms with van der Waals surface area (Å²) >= 11 is 3.37. The molecule has 1 aliphatic rings. The van der Waals surface area contributed by atoms with Gasteiger partial charge in [-0.1, -0.05) is 13.8 Å². The minimum Gasteiger partial charge on any atom is -0.480 e. The van der Waals surface area contributed by atoms with Gasteiger partial charge in [0.05, 0.1) is 37.0 Å². The lowest BCUT2D eigenvalue weighted by atomic mass is 10.2. The van der Waals surface area contributed by atoms with Crippen molar-refractivity contribution < 1.29 is 9.47 Å². The normalized spacial score (nSPS) is 19.4. The first-order valence-corrected chi connectivity index (χ1v) is 7.55. The van der Waals surface area contributed by atoms with Gasteiger partial charge in [0.15, 0.2) is 0 Å². The van der Waals surface area contributed by atoms with Crippen LogP contribution in [0.15, 0.2) is 10.7 Å². The van der Waals surface area contributed by atoms with E-state index in [0.717, 1.165) is 17.6 Å². The molecule has 2 heterocycles. The van der Waals surface area contributed by atoms with Crippen LogP contribution in [0, 0.1) is 0 Å². The molecule has 0 aromatic carbocycles. The third-order valence-electron chi connectivity index (χ3n) is 3.14. The fourth-order valence-electron chi connectivity index (χ4n) is 2.08. The molecule has 1 aliphatic heterocycles. The summed E-state index contributed by atoms with van der Waals surface area (Å²) in [6.45, 7) is 7.27. The smallest absolute Gasteiger partial charge is 0.232 e. The molecule has 1 unspecified atom stereocenters. The third-order valence-corrected chi connectivity index (χ3v) is 3.68. The van der Waals surface area contributed by atoms with Gasteiger partial charge in [0.1, 0.15) is 0 Å². The Balaban J connectivity index is 2.14. The van der Waals surface area contributed by atoms with Gasteiger partial charge in [-0.15, -0.1) is 0 Å². The molecule has 6 nitrogen and oxygen atoms in total. The maximum Gasteiger partial charge on any atom is 0.232 e. The van der Waals surface area contributed by atoms with Gasteiger partial charge in [0.25, 0.3) is 0 Å². The standard InChI is InChI=1S/C13H21BrN4O2/c1-9(2)15-6-10-8-20-5-4-18(10)13-16-7-11(14)12(17-13)19-3/h7,9-10,15H,4-6,8H2,1-3H3. The number of nitrogens with zero attached hydrogens (tertiary/aromatic N) is 3. The highest BCUT2D eigenvalue weighted by molar-refractivity contribution is 9.10. The largest absolute Gasteiger partial charge is 0.480 e. The van der Waals surface area contributed by atoms with Crippen molar-refractivity contribution in [2.75, 3.05) is 38.3 Å². The van der Waals surface area contributed by atoms with Crippen LogP contribution >= 0.6 is 15.9 Å². The van der Waals surface area contributed by atoms with Crippen molar-refractivity contribution >= 4 is 21.9 Å². The van der Waals surface area contributed by atoms with Crippen molar-refractivity contribution in [2.45, 2.75) is 25.9 Å². The molecule has 112 valence electrons. The average Bonchev–Trinajstić information content (AvgIpc) is 2.46. The van der Waals surface area contributed by atoms with Crippen LogP contribution in [0.3, 0.4) is 0 Å². The first-order valence-electron chi connectivity index (χ1n) is 6.76. The van der Waals surface area contributed by atoms with Gasteiger partial charge in [-0.05, 0) is 15.9 Å². The van der Waals surface area contributed by atoms with E-state index in [4.69, 9.17) is 9.47 Å². The van der Waals surface area contributed by atoms with Crippen LogP contribution in [-0.4, -0.2) is 55.5 Å². The monoisotopic (exact) mass is 344 g/mol. The van der Waals surface area contributed by atoms with Crippen LogP contribution in [0.5, 0.6) is 5.88 Å². The number of methoxy groups -OCH3 is 1. The Hall–Kier alpha value is -0.920. The molecule has 1 aromatic rings. The minimum absolute atomic E-state index is 0.233. The second kappa shape index (κ2) is 7.19. The number of hydrogen-bond donors (Lipinski definition) is 1. The van der Waals surface area contributed by atoms with Crippen molar-refractivity contribution in [1.82, 2.24) is 15.3 Å². The molecule has 1 fully saturated rings. The number of rotatable bonds is 5. The van der Waals surface area contributed by atoms with Crippen molar-refractivity contribution in [3.63, 3.8) is 0 Å². The molecule has 1 aromatic heterocycles. The Kier molecular flexibility index (Phi) is 5.56. The molecule has 0 aliphatic carbocycles. The quantitative estimate of drug-likeness (QED) is 0.872. The van der Waals surface area contributed by atoms with Gasteiger partial charge in [-0.3, -0.25) is 0 Å². The van der Waals surface area contributed by atoms with Crippen molar-refractivity contribution in [1.29, 1.82) is 0 Å². The van der Waals surface area contributed by atoms with Crippen LogP contribution < -0.4 is 15.0 Å². The number of hydrogen-bond acceptors (Lipinski definition) is 6. The third kappa shape index (κ3) is 3.80. The summed E-state index contributed by atoms with van der Waals surface area (Å²) in [5.41, 5.74) is 0. The van der Waals surface area contributed by atoms with E-state index >= 15 is 0 Å². The zero-order valence-corrected chi connectivity index (χ0v) is 13.7. The zero-order chi connectivity index (χ0) is 14.5. The van der Waals surface area contributed by atoms with E-state index in [0.29, 0.717) is 31.1 Å². The maximum atomic E-state index is 5.57. The van der Waals surface area contributed by atoms with E-state index in [-0.39, 0.29) is 6.04 Å². The lowest BCUT2D eigenvalue weighted by Gasteiger charge is -2.36. The van der Waals surface area contributed by atoms with E-state index in [1.165, 1.54) is 0 Å². The first kappa shape index (κ1) is 15.5. The maximum absolute atomic E-state index is 5.57. The molecule has 0 bridgehead atoms. The molecule has 0 saturated carbocycles. The summed E-state index contributed by atoms with van der Waals surface area (Å²) in [4.78, 5) is 11.0. The molecule has 20 heavy (non-hydrogen) atoms. The van der Waals surface area contributed by atoms with Crippen LogP contribution in [0.4, 0.5) is 5.95 Å². The molecule has 1 atom stereocenters. The van der Waals surface area contributed by atoms with Crippen molar-refractivity contribution in [3.05, 3.63) is 10.7 Å². The SMILES string of the molecule is COc1nc(N2CCOCC2CNC(C)C)ncc1Br. The summed E-state index contributed by atoms with van der Waals surface area (Å²) < 4.78 is 11.6. The Morgan fingerprint density at radius 2 is 2.40 bits per heavy atom. The highest BCUT2D eigenvalue weighted by atomic mass is 79.9. The molecule has 0 amide bonds. The van der Waals surface area contributed by atoms with E-state index in [1.54, 1.807) is 13.3 Å². The van der Waals surface area contributed by atoms with Gasteiger partial charge in [-0.25, -0.2) is 4.98 Å². The molecule has 0 spiro atoms. The Bertz CT molecular complexity index is 444. The number of aromatic nitrogens is 2. The second-order valence-electron chi connectivity index (χ2n) is 5.01. The van der Waals surface area contributed by atoms with Gasteiger partial charge >= 0.3 is 0 Å². The number of ether oxygens (including phenoxy) is 2. The minimum atomic E-state index is 0.233. The highest BCUT2D eigenvalue weighted by Crippen LogP contribution is 2.24. The zero-order valence-electron chi connectivity index (χ0n) is 12.1. The Morgan fingerprint density at radius 3 is 3.10 bits per heavy atom. The molecule has 0 radical (unpaired) electrons. The first-order chi connectivity index (χ1) is 9.61. The summed E-state index contributed by atoms with van der Waals surface area (Å²) in [5.74, 6) is 1.24. The number of halogens is 1. The summed E-state index contributed by atoms with van der Waals surface area (Å²) in [6.07, 6.45) is 1.73. The van der Waals surface area contributed by atoms with Crippen molar-refractivity contribution in [3.8, 4) is 5.88 Å². The van der Waals surface area contributed by atoms with Crippen LogP contribution in [0.2, 0.25) is 0 Å². The molecular weight excluding hydrogens is 324 g/mol. The van der Waals surface area contributed by atoms with E-state index in [9.17, 15) is 0 Å². The lowest BCUT2D eigenvalue weighted by molar-refractivity contribution is 0.0922. The van der Waals surface area contributed by atoms with E-state index < -0.39 is 0 Å². The number of anilines is 1.